The lowest BCUT2D eigenvalue weighted by Gasteiger charge is -2.38. The van der Waals surface area contributed by atoms with Crippen LogP contribution >= 0.6 is 0 Å². The molecule has 3 aliphatic rings. The van der Waals surface area contributed by atoms with Crippen molar-refractivity contribution in [3.05, 3.63) is 23.8 Å². The van der Waals surface area contributed by atoms with Gasteiger partial charge in [0.2, 0.25) is 0 Å². The van der Waals surface area contributed by atoms with E-state index in [0.717, 1.165) is 31.5 Å². The summed E-state index contributed by atoms with van der Waals surface area (Å²) < 4.78 is 11.5. The van der Waals surface area contributed by atoms with Crippen LogP contribution in [0.1, 0.15) is 29.6 Å². The molecule has 1 saturated carbocycles. The monoisotopic (exact) mass is 288 g/mol. The molecular formula is C16H20N2O3. The SMILES string of the molecule is O=C(c1cccc2c1OCCN2)N1CCOC2CCCC21. The number of nitrogens with zero attached hydrogens (tertiary/aromatic N) is 1. The molecule has 2 unspecified atom stereocenters. The van der Waals surface area contributed by atoms with Crippen LogP contribution in [0, 0.1) is 0 Å². The summed E-state index contributed by atoms with van der Waals surface area (Å²) in [6.07, 6.45) is 3.48. The van der Waals surface area contributed by atoms with Gasteiger partial charge in [0.1, 0.15) is 6.61 Å². The first-order valence-electron chi connectivity index (χ1n) is 7.77. The molecule has 2 atom stereocenters. The molecule has 0 aromatic heterocycles. The topological polar surface area (TPSA) is 50.8 Å². The standard InChI is InChI=1S/C16H20N2O3/c19-16(18-8-10-20-14-6-2-5-13(14)18)11-3-1-4-12-15(11)21-9-7-17-12/h1,3-4,13-14,17H,2,5-10H2. The summed E-state index contributed by atoms with van der Waals surface area (Å²) in [6, 6.07) is 5.98. The van der Waals surface area contributed by atoms with E-state index in [0.29, 0.717) is 31.1 Å². The van der Waals surface area contributed by atoms with Crippen LogP contribution in [-0.2, 0) is 4.74 Å². The van der Waals surface area contributed by atoms with Crippen molar-refractivity contribution in [3.8, 4) is 5.75 Å². The number of carbonyl (C=O) groups excluding carboxylic acids is 1. The van der Waals surface area contributed by atoms with E-state index < -0.39 is 0 Å². The van der Waals surface area contributed by atoms with Crippen molar-refractivity contribution in [2.75, 3.05) is 31.6 Å². The lowest BCUT2D eigenvalue weighted by atomic mass is 10.1. The third kappa shape index (κ3) is 2.16. The number of amides is 1. The largest absolute Gasteiger partial charge is 0.489 e. The average molecular weight is 288 g/mol. The van der Waals surface area contributed by atoms with Gasteiger partial charge < -0.3 is 19.7 Å². The van der Waals surface area contributed by atoms with Gasteiger partial charge in [0.05, 0.1) is 30.0 Å². The van der Waals surface area contributed by atoms with E-state index in [1.54, 1.807) is 0 Å². The number of carbonyl (C=O) groups is 1. The van der Waals surface area contributed by atoms with Gasteiger partial charge in [-0.3, -0.25) is 4.79 Å². The molecular weight excluding hydrogens is 268 g/mol. The van der Waals surface area contributed by atoms with E-state index in [1.165, 1.54) is 0 Å². The van der Waals surface area contributed by atoms with Gasteiger partial charge in [0.25, 0.3) is 5.91 Å². The van der Waals surface area contributed by atoms with Gasteiger partial charge in [0, 0.05) is 13.1 Å². The normalized spacial score (nSPS) is 27.3. The Balaban J connectivity index is 1.65. The lowest BCUT2D eigenvalue weighted by Crippen LogP contribution is -2.51. The van der Waals surface area contributed by atoms with Gasteiger partial charge in [0.15, 0.2) is 5.75 Å². The molecule has 1 saturated heterocycles. The van der Waals surface area contributed by atoms with E-state index in [4.69, 9.17) is 9.47 Å². The summed E-state index contributed by atoms with van der Waals surface area (Å²) in [7, 11) is 0. The Morgan fingerprint density at radius 3 is 3.19 bits per heavy atom. The highest BCUT2D eigenvalue weighted by molar-refractivity contribution is 5.99. The Morgan fingerprint density at radius 1 is 1.29 bits per heavy atom. The molecule has 0 spiro atoms. The fraction of sp³-hybridized carbons (Fsp3) is 0.562. The van der Waals surface area contributed by atoms with Gasteiger partial charge in [-0.1, -0.05) is 6.07 Å². The average Bonchev–Trinajstić information content (AvgIpc) is 3.02. The van der Waals surface area contributed by atoms with Crippen molar-refractivity contribution in [2.45, 2.75) is 31.4 Å². The molecule has 5 nitrogen and oxygen atoms in total. The molecule has 1 aromatic rings. The van der Waals surface area contributed by atoms with Crippen molar-refractivity contribution in [1.29, 1.82) is 0 Å². The minimum atomic E-state index is 0.0794. The molecule has 5 heteroatoms. The lowest BCUT2D eigenvalue weighted by molar-refractivity contribution is -0.0446. The van der Waals surface area contributed by atoms with E-state index in [1.807, 2.05) is 23.1 Å². The predicted molar refractivity (Wildman–Crippen MR) is 78.8 cm³/mol. The number of fused-ring (bicyclic) bond motifs is 2. The number of hydrogen-bond donors (Lipinski definition) is 1. The van der Waals surface area contributed by atoms with Crippen LogP contribution in [0.2, 0.25) is 0 Å². The number of nitrogens with one attached hydrogen (secondary N) is 1. The van der Waals surface area contributed by atoms with Gasteiger partial charge in [-0.2, -0.15) is 0 Å². The zero-order valence-electron chi connectivity index (χ0n) is 12.0. The van der Waals surface area contributed by atoms with Crippen LogP contribution < -0.4 is 10.1 Å². The first-order chi connectivity index (χ1) is 10.3. The Bertz CT molecular complexity index is 560. The zero-order valence-corrected chi connectivity index (χ0v) is 12.0. The van der Waals surface area contributed by atoms with Crippen molar-refractivity contribution >= 4 is 11.6 Å². The summed E-state index contributed by atoms with van der Waals surface area (Å²) in [4.78, 5) is 15.0. The third-order valence-electron chi connectivity index (χ3n) is 4.65. The van der Waals surface area contributed by atoms with Gasteiger partial charge in [-0.15, -0.1) is 0 Å². The first-order valence-corrected chi connectivity index (χ1v) is 7.77. The van der Waals surface area contributed by atoms with Crippen molar-refractivity contribution in [3.63, 3.8) is 0 Å². The number of ether oxygens (including phenoxy) is 2. The second-order valence-corrected chi connectivity index (χ2v) is 5.86. The smallest absolute Gasteiger partial charge is 0.258 e. The molecule has 112 valence electrons. The zero-order chi connectivity index (χ0) is 14.2. The Hall–Kier alpha value is -1.75. The Labute approximate surface area is 124 Å². The Morgan fingerprint density at radius 2 is 2.24 bits per heavy atom. The second kappa shape index (κ2) is 5.22. The van der Waals surface area contributed by atoms with Crippen LogP contribution in [0.15, 0.2) is 18.2 Å². The molecule has 2 heterocycles. The molecule has 1 aromatic carbocycles. The van der Waals surface area contributed by atoms with Gasteiger partial charge >= 0.3 is 0 Å². The fourth-order valence-corrected chi connectivity index (χ4v) is 3.67. The molecule has 2 aliphatic heterocycles. The molecule has 21 heavy (non-hydrogen) atoms. The first kappa shape index (κ1) is 13.0. The summed E-state index contributed by atoms with van der Waals surface area (Å²) in [5.74, 6) is 0.783. The summed E-state index contributed by atoms with van der Waals surface area (Å²) >= 11 is 0. The molecule has 4 rings (SSSR count). The van der Waals surface area contributed by atoms with Gasteiger partial charge in [-0.05, 0) is 31.4 Å². The van der Waals surface area contributed by atoms with Crippen LogP contribution in [0.3, 0.4) is 0 Å². The fourth-order valence-electron chi connectivity index (χ4n) is 3.67. The molecule has 0 bridgehead atoms. The van der Waals surface area contributed by atoms with Crippen molar-refractivity contribution in [2.24, 2.45) is 0 Å². The quantitative estimate of drug-likeness (QED) is 0.857. The van der Waals surface area contributed by atoms with E-state index in [2.05, 4.69) is 5.32 Å². The highest BCUT2D eigenvalue weighted by Crippen LogP contribution is 2.35. The summed E-state index contributed by atoms with van der Waals surface area (Å²) in [5.41, 5.74) is 1.59. The minimum Gasteiger partial charge on any atom is -0.489 e. The van der Waals surface area contributed by atoms with Crippen LogP contribution in [0.4, 0.5) is 5.69 Å². The maximum Gasteiger partial charge on any atom is 0.258 e. The van der Waals surface area contributed by atoms with Crippen LogP contribution in [-0.4, -0.2) is 49.3 Å². The molecule has 1 amide bonds. The summed E-state index contributed by atoms with van der Waals surface area (Å²) in [5, 5.41) is 3.29. The third-order valence-corrected chi connectivity index (χ3v) is 4.65. The van der Waals surface area contributed by atoms with E-state index >= 15 is 0 Å². The second-order valence-electron chi connectivity index (χ2n) is 5.86. The molecule has 0 radical (unpaired) electrons. The number of anilines is 1. The van der Waals surface area contributed by atoms with E-state index in [-0.39, 0.29) is 18.1 Å². The Kier molecular flexibility index (Phi) is 3.22. The maximum absolute atomic E-state index is 13.0. The van der Waals surface area contributed by atoms with Gasteiger partial charge in [-0.25, -0.2) is 0 Å². The number of morpholine rings is 1. The number of para-hydroxylation sites is 1. The summed E-state index contributed by atoms with van der Waals surface area (Å²) in [6.45, 7) is 2.71. The minimum absolute atomic E-state index is 0.0794. The maximum atomic E-state index is 13.0. The van der Waals surface area contributed by atoms with Crippen LogP contribution in [0.25, 0.3) is 0 Å². The van der Waals surface area contributed by atoms with Crippen molar-refractivity contribution in [1.82, 2.24) is 4.90 Å². The van der Waals surface area contributed by atoms with Crippen LogP contribution in [0.5, 0.6) is 5.75 Å². The number of hydrogen-bond acceptors (Lipinski definition) is 4. The van der Waals surface area contributed by atoms with Crippen molar-refractivity contribution < 1.29 is 14.3 Å². The number of benzene rings is 1. The molecule has 1 N–H and O–H groups in total. The van der Waals surface area contributed by atoms with E-state index in [9.17, 15) is 4.79 Å². The number of rotatable bonds is 1. The molecule has 2 fully saturated rings. The highest BCUT2D eigenvalue weighted by atomic mass is 16.5. The molecule has 1 aliphatic carbocycles. The highest BCUT2D eigenvalue weighted by Gasteiger charge is 2.39. The predicted octanol–water partition coefficient (Wildman–Crippen LogP) is 1.88.